The Morgan fingerprint density at radius 3 is 2.00 bits per heavy atom. The summed E-state index contributed by atoms with van der Waals surface area (Å²) in [5.74, 6) is 0. The molecule has 1 atom stereocenters. The van der Waals surface area contributed by atoms with Gasteiger partial charge in [0.2, 0.25) is 0 Å². The molecule has 1 unspecified atom stereocenters. The smallest absolute Gasteiger partial charge is 0.0564 e. The average molecular weight is 193 g/mol. The molecule has 0 aliphatic heterocycles. The van der Waals surface area contributed by atoms with E-state index < -0.39 is 8.80 Å². The first kappa shape index (κ1) is 10.5. The minimum absolute atomic E-state index is 0.644. The van der Waals surface area contributed by atoms with E-state index in [0.717, 1.165) is 0 Å². The van der Waals surface area contributed by atoms with Crippen molar-refractivity contribution in [3.63, 3.8) is 0 Å². The summed E-state index contributed by atoms with van der Waals surface area (Å²) in [4.78, 5) is 2.34. The van der Waals surface area contributed by atoms with E-state index >= 15 is 0 Å². The fourth-order valence-corrected chi connectivity index (χ4v) is 4.11. The lowest BCUT2D eigenvalue weighted by atomic mass is 10.2. The van der Waals surface area contributed by atoms with Crippen molar-refractivity contribution < 1.29 is 0 Å². The summed E-state index contributed by atoms with van der Waals surface area (Å²) >= 11 is 0. The van der Waals surface area contributed by atoms with Crippen LogP contribution in [-0.4, -0.2) is 27.8 Å². The van der Waals surface area contributed by atoms with E-state index in [-0.39, 0.29) is 0 Å². The average Bonchev–Trinajstić information content (AvgIpc) is 2.04. The first-order valence-electron chi connectivity index (χ1n) is 4.84. The van der Waals surface area contributed by atoms with Gasteiger partial charge in [-0.2, -0.15) is 0 Å². The SMILES string of the molecule is CN(C)C(c1ccccc1)[SiH](C)C. The van der Waals surface area contributed by atoms with Crippen LogP contribution >= 0.6 is 0 Å². The van der Waals surface area contributed by atoms with Crippen molar-refractivity contribution in [1.82, 2.24) is 4.90 Å². The fraction of sp³-hybridized carbons (Fsp3) is 0.455. The zero-order chi connectivity index (χ0) is 9.84. The first-order valence-corrected chi connectivity index (χ1v) is 7.82. The minimum atomic E-state index is -0.644. The molecule has 13 heavy (non-hydrogen) atoms. The molecule has 1 rings (SSSR count). The predicted molar refractivity (Wildman–Crippen MR) is 61.7 cm³/mol. The molecule has 0 heterocycles. The van der Waals surface area contributed by atoms with Gasteiger partial charge in [0.05, 0.1) is 8.80 Å². The van der Waals surface area contributed by atoms with Gasteiger partial charge in [0.1, 0.15) is 0 Å². The molecule has 0 aromatic heterocycles. The number of nitrogens with zero attached hydrogens (tertiary/aromatic N) is 1. The molecule has 0 aliphatic carbocycles. The fourth-order valence-electron chi connectivity index (χ4n) is 1.93. The van der Waals surface area contributed by atoms with Crippen LogP contribution in [0.4, 0.5) is 0 Å². The van der Waals surface area contributed by atoms with Crippen molar-refractivity contribution in [2.75, 3.05) is 14.1 Å². The summed E-state index contributed by atoms with van der Waals surface area (Å²) in [6.07, 6.45) is 0. The molecule has 0 amide bonds. The highest BCUT2D eigenvalue weighted by Crippen LogP contribution is 2.20. The van der Waals surface area contributed by atoms with Crippen molar-refractivity contribution in [2.45, 2.75) is 18.8 Å². The normalized spacial score (nSPS) is 13.7. The maximum Gasteiger partial charge on any atom is 0.0564 e. The van der Waals surface area contributed by atoms with Crippen LogP contribution in [0, 0.1) is 0 Å². The van der Waals surface area contributed by atoms with Gasteiger partial charge in [0.25, 0.3) is 0 Å². The molecule has 0 saturated heterocycles. The zero-order valence-electron chi connectivity index (χ0n) is 8.99. The largest absolute Gasteiger partial charge is 0.305 e. The Bertz CT molecular complexity index is 236. The van der Waals surface area contributed by atoms with E-state index in [1.165, 1.54) is 5.56 Å². The van der Waals surface area contributed by atoms with Crippen LogP contribution in [0.15, 0.2) is 30.3 Å². The second-order valence-electron chi connectivity index (χ2n) is 4.06. The van der Waals surface area contributed by atoms with Gasteiger partial charge in [-0.05, 0) is 19.7 Å². The quantitative estimate of drug-likeness (QED) is 0.666. The molecule has 1 aromatic carbocycles. The van der Waals surface area contributed by atoms with E-state index in [1.807, 2.05) is 0 Å². The minimum Gasteiger partial charge on any atom is -0.305 e. The first-order chi connectivity index (χ1) is 6.13. The Kier molecular flexibility index (Phi) is 3.69. The number of hydrogen-bond donors (Lipinski definition) is 0. The van der Waals surface area contributed by atoms with Gasteiger partial charge in [0.15, 0.2) is 0 Å². The third-order valence-corrected chi connectivity index (χ3v) is 4.57. The van der Waals surface area contributed by atoms with Crippen molar-refractivity contribution in [3.8, 4) is 0 Å². The van der Waals surface area contributed by atoms with Gasteiger partial charge in [0, 0.05) is 5.67 Å². The highest BCUT2D eigenvalue weighted by molar-refractivity contribution is 6.57. The molecule has 0 saturated carbocycles. The molecule has 1 nitrogen and oxygen atoms in total. The Balaban J connectivity index is 2.89. The van der Waals surface area contributed by atoms with Crippen LogP contribution in [0.25, 0.3) is 0 Å². The molecule has 0 bridgehead atoms. The second kappa shape index (κ2) is 4.58. The van der Waals surface area contributed by atoms with E-state index in [9.17, 15) is 0 Å². The summed E-state index contributed by atoms with van der Waals surface area (Å²) in [6.45, 7) is 4.80. The lowest BCUT2D eigenvalue weighted by Crippen LogP contribution is -2.30. The molecular weight excluding hydrogens is 174 g/mol. The number of rotatable bonds is 3. The van der Waals surface area contributed by atoms with Gasteiger partial charge in [-0.3, -0.25) is 0 Å². The van der Waals surface area contributed by atoms with Gasteiger partial charge >= 0.3 is 0 Å². The van der Waals surface area contributed by atoms with E-state index in [0.29, 0.717) is 5.67 Å². The summed E-state index contributed by atoms with van der Waals surface area (Å²) in [6, 6.07) is 10.8. The number of benzene rings is 1. The number of hydrogen-bond acceptors (Lipinski definition) is 1. The standard InChI is InChI=1S/C11H19NSi/c1-12(2)11(13(3)4)10-8-6-5-7-9-10/h5-9,11,13H,1-4H3. The Hall–Kier alpha value is -0.603. The molecule has 0 radical (unpaired) electrons. The second-order valence-corrected chi connectivity index (χ2v) is 7.18. The maximum atomic E-state index is 2.40. The zero-order valence-corrected chi connectivity index (χ0v) is 10.1. The molecule has 0 fully saturated rings. The van der Waals surface area contributed by atoms with E-state index in [4.69, 9.17) is 0 Å². The third kappa shape index (κ3) is 2.67. The summed E-state index contributed by atoms with van der Waals surface area (Å²) in [5, 5.41) is 0. The van der Waals surface area contributed by atoms with Crippen LogP contribution in [0.1, 0.15) is 11.2 Å². The van der Waals surface area contributed by atoms with Crippen molar-refractivity contribution in [2.24, 2.45) is 0 Å². The van der Waals surface area contributed by atoms with Crippen LogP contribution in [0.3, 0.4) is 0 Å². The van der Waals surface area contributed by atoms with Crippen LogP contribution in [0.5, 0.6) is 0 Å². The third-order valence-electron chi connectivity index (χ3n) is 2.33. The molecule has 1 aromatic rings. The highest BCUT2D eigenvalue weighted by atomic mass is 28.3. The summed E-state index contributed by atoms with van der Waals surface area (Å²) in [5.41, 5.74) is 2.13. The lowest BCUT2D eigenvalue weighted by molar-refractivity contribution is 0.376. The maximum absolute atomic E-state index is 2.40. The summed E-state index contributed by atoms with van der Waals surface area (Å²) in [7, 11) is 3.70. The van der Waals surface area contributed by atoms with Crippen molar-refractivity contribution in [1.29, 1.82) is 0 Å². The molecule has 0 spiro atoms. The highest BCUT2D eigenvalue weighted by Gasteiger charge is 2.17. The van der Waals surface area contributed by atoms with Crippen LogP contribution in [0.2, 0.25) is 13.1 Å². The molecule has 0 aliphatic rings. The van der Waals surface area contributed by atoms with Gasteiger partial charge in [-0.15, -0.1) is 0 Å². The van der Waals surface area contributed by atoms with Crippen molar-refractivity contribution >= 4 is 8.80 Å². The van der Waals surface area contributed by atoms with Gasteiger partial charge in [-0.25, -0.2) is 0 Å². The molecule has 72 valence electrons. The summed E-state index contributed by atoms with van der Waals surface area (Å²) < 4.78 is 0. The van der Waals surface area contributed by atoms with E-state index in [2.05, 4.69) is 62.4 Å². The molecular formula is C11H19NSi. The monoisotopic (exact) mass is 193 g/mol. The Morgan fingerprint density at radius 2 is 1.62 bits per heavy atom. The van der Waals surface area contributed by atoms with Crippen molar-refractivity contribution in [3.05, 3.63) is 35.9 Å². The van der Waals surface area contributed by atoms with Gasteiger partial charge in [-0.1, -0.05) is 43.4 Å². The Morgan fingerprint density at radius 1 is 1.08 bits per heavy atom. The topological polar surface area (TPSA) is 3.24 Å². The predicted octanol–water partition coefficient (Wildman–Crippen LogP) is 2.32. The van der Waals surface area contributed by atoms with Gasteiger partial charge < -0.3 is 4.90 Å². The Labute approximate surface area is 83.0 Å². The molecule has 2 heteroatoms. The van der Waals surface area contributed by atoms with E-state index in [1.54, 1.807) is 0 Å². The van der Waals surface area contributed by atoms with Crippen LogP contribution < -0.4 is 0 Å². The van der Waals surface area contributed by atoms with Crippen LogP contribution in [-0.2, 0) is 0 Å². The molecule has 0 N–H and O–H groups in total. The lowest BCUT2D eigenvalue weighted by Gasteiger charge is -2.27.